The van der Waals surface area contributed by atoms with Gasteiger partial charge in [0.2, 0.25) is 0 Å². The van der Waals surface area contributed by atoms with Crippen LogP contribution in [0, 0.1) is 0 Å². The van der Waals surface area contributed by atoms with Gasteiger partial charge in [0.25, 0.3) is 0 Å². The highest BCUT2D eigenvalue weighted by Crippen LogP contribution is 2.58. The summed E-state index contributed by atoms with van der Waals surface area (Å²) in [5.74, 6) is 0. The van der Waals surface area contributed by atoms with Crippen molar-refractivity contribution < 1.29 is 4.42 Å². The SMILES string of the molecule is [B]c1c([B])c([B])c(-c2ccc(-c3cccc4ccccc34)c3c2C(C)(C)c2cc(N(C4=CC=C(c5cccc6c5oc5ccccc56)CC4)c4ccc(-c5ccc6c(c5)c5ccccc5n6-c5ccccc5)cc4)c(C4=C=C=CC=C4)cc2-3)c([B])c1[B]. The van der Waals surface area contributed by atoms with Gasteiger partial charge in [-0.05, 0) is 164 Å². The highest BCUT2D eigenvalue weighted by molar-refractivity contribution is 6.68. The number of furan rings is 1. The van der Waals surface area contributed by atoms with E-state index in [1.165, 1.54) is 21.9 Å². The first-order valence-corrected chi connectivity index (χ1v) is 29.6. The quantitative estimate of drug-likeness (QED) is 0.106. The van der Waals surface area contributed by atoms with E-state index < -0.39 is 5.41 Å². The zero-order valence-corrected chi connectivity index (χ0v) is 48.1. The molecule has 0 saturated heterocycles. The normalized spacial score (nSPS) is 14.0. The molecule has 3 aliphatic rings. The summed E-state index contributed by atoms with van der Waals surface area (Å²) >= 11 is 0. The van der Waals surface area contributed by atoms with Gasteiger partial charge < -0.3 is 13.9 Å². The molecular weight excluding hydrogens is 1050 g/mol. The Balaban J connectivity index is 0.921. The summed E-state index contributed by atoms with van der Waals surface area (Å²) in [5, 5.41) is 6.94. The maximum atomic E-state index is 7.04. The van der Waals surface area contributed by atoms with Crippen LogP contribution in [0.4, 0.5) is 11.4 Å². The third kappa shape index (κ3) is 8.20. The average Bonchev–Trinajstić information content (AvgIpc) is 1.60. The minimum Gasteiger partial charge on any atom is -0.455 e. The van der Waals surface area contributed by atoms with Crippen LogP contribution >= 0.6 is 0 Å². The lowest BCUT2D eigenvalue weighted by Gasteiger charge is -2.33. The molecule has 2 aromatic heterocycles. The van der Waals surface area contributed by atoms with Crippen molar-refractivity contribution in [3.8, 4) is 50.2 Å². The van der Waals surface area contributed by atoms with Crippen LogP contribution in [0.3, 0.4) is 0 Å². The molecule has 0 aliphatic heterocycles. The Morgan fingerprint density at radius 3 is 1.94 bits per heavy atom. The van der Waals surface area contributed by atoms with E-state index >= 15 is 0 Å². The Hall–Kier alpha value is -10.1. The molecule has 3 aliphatic carbocycles. The molecule has 0 saturated carbocycles. The van der Waals surface area contributed by atoms with Gasteiger partial charge >= 0.3 is 0 Å². The van der Waals surface area contributed by atoms with Crippen molar-refractivity contribution in [1.29, 1.82) is 0 Å². The van der Waals surface area contributed by atoms with E-state index in [-0.39, 0.29) is 16.4 Å². The summed E-state index contributed by atoms with van der Waals surface area (Å²) < 4.78 is 8.99. The molecule has 0 bridgehead atoms. The number of anilines is 2. The smallest absolute Gasteiger partial charge is 0.142 e. The second-order valence-electron chi connectivity index (χ2n) is 23.6. The average molecular weight is 1100 g/mol. The fraction of sp³-hybridized carbons (Fsp3) is 0.0633. The number of nitrogens with zero attached hydrogens (tertiary/aromatic N) is 2. The molecule has 0 unspecified atom stereocenters. The zero-order chi connectivity index (χ0) is 58.8. The molecule has 3 nitrogen and oxygen atoms in total. The van der Waals surface area contributed by atoms with Crippen LogP contribution in [0.5, 0.6) is 0 Å². The molecule has 8 heteroatoms. The van der Waals surface area contributed by atoms with Crippen molar-refractivity contribution >= 4 is 144 Å². The summed E-state index contributed by atoms with van der Waals surface area (Å²) in [7, 11) is 34.0. The van der Waals surface area contributed by atoms with E-state index in [0.717, 1.165) is 141 Å². The number of allylic oxidation sites excluding steroid dienone is 8. The van der Waals surface area contributed by atoms with Crippen molar-refractivity contribution in [2.45, 2.75) is 32.1 Å². The number of aromatic nitrogens is 1. The summed E-state index contributed by atoms with van der Waals surface area (Å²) in [5.41, 5.74) is 30.3. The lowest BCUT2D eigenvalue weighted by atomic mass is 9.59. The minimum absolute atomic E-state index is 0.178. The maximum absolute atomic E-state index is 7.04. The van der Waals surface area contributed by atoms with Crippen LogP contribution in [0.25, 0.3) is 116 Å². The predicted octanol–water partition coefficient (Wildman–Crippen LogP) is 15.3. The van der Waals surface area contributed by atoms with Crippen LogP contribution < -0.4 is 32.2 Å². The Bertz CT molecular complexity index is 5300. The molecule has 0 atom stereocenters. The fourth-order valence-electron chi connectivity index (χ4n) is 14.2. The zero-order valence-electron chi connectivity index (χ0n) is 48.1. The summed E-state index contributed by atoms with van der Waals surface area (Å²) in [6.07, 6.45) is 12.2. The number of fused-ring (bicyclic) bond motifs is 10. The van der Waals surface area contributed by atoms with Crippen LogP contribution in [0.1, 0.15) is 48.9 Å². The van der Waals surface area contributed by atoms with Crippen LogP contribution in [0.15, 0.2) is 258 Å². The largest absolute Gasteiger partial charge is 0.455 e. The summed E-state index contributed by atoms with van der Waals surface area (Å²) in [6.45, 7) is 4.61. The number of para-hydroxylation sites is 4. The highest BCUT2D eigenvalue weighted by Gasteiger charge is 2.42. The first-order valence-electron chi connectivity index (χ1n) is 29.6. The van der Waals surface area contributed by atoms with Gasteiger partial charge in [-0.2, -0.15) is 0 Å². The second kappa shape index (κ2) is 20.3. The highest BCUT2D eigenvalue weighted by atomic mass is 16.3. The van der Waals surface area contributed by atoms with Crippen molar-refractivity contribution in [3.05, 3.63) is 276 Å². The van der Waals surface area contributed by atoms with Crippen molar-refractivity contribution in [2.24, 2.45) is 0 Å². The van der Waals surface area contributed by atoms with Gasteiger partial charge in [-0.15, -0.1) is 16.4 Å². The standard InChI is InChI=1S/C79H49B5N2O/c1-79(2)65-45-68(62(48-17-5-3-6-18-48)44-64(65)70-59(56-27-15-20-47-19-9-10-23-54(47)56)40-41-61(72(70)79)71-73(80)75(82)77(84)76(83)74(71)81)85(53-38-33-49(34-39-53)55-26-16-28-60-58-25-12-14-30-69(58)87-78(55)60)52-36-31-46(32-37-52)50-35-42-67-63(43-50)57-24-11-13-29-66(57)86(67)51-21-7-4-8-22-51/h3-5,7-17,19-33,35-38,40-45H,34,39H2,1-2H3. The van der Waals surface area contributed by atoms with E-state index in [2.05, 4.69) is 247 Å². The Labute approximate surface area is 512 Å². The van der Waals surface area contributed by atoms with Gasteiger partial charge in [0.1, 0.15) is 50.4 Å². The van der Waals surface area contributed by atoms with E-state index in [1.54, 1.807) is 0 Å². The Morgan fingerprint density at radius 1 is 0.494 bits per heavy atom. The van der Waals surface area contributed by atoms with E-state index in [0.29, 0.717) is 16.5 Å². The lowest BCUT2D eigenvalue weighted by molar-refractivity contribution is 0.662. The predicted molar refractivity (Wildman–Crippen MR) is 371 cm³/mol. The molecule has 0 amide bonds. The van der Waals surface area contributed by atoms with Gasteiger partial charge in [-0.25, -0.2) is 0 Å². The van der Waals surface area contributed by atoms with Gasteiger partial charge in [0.05, 0.1) is 16.7 Å². The summed E-state index contributed by atoms with van der Waals surface area (Å²) in [6, 6.07) is 74.3. The molecule has 11 aromatic carbocycles. The molecule has 2 heterocycles. The molecule has 87 heavy (non-hydrogen) atoms. The van der Waals surface area contributed by atoms with Gasteiger partial charge in [-0.3, -0.25) is 0 Å². The lowest BCUT2D eigenvalue weighted by Crippen LogP contribution is -2.55. The third-order valence-corrected chi connectivity index (χ3v) is 18.4. The first-order chi connectivity index (χ1) is 42.5. The van der Waals surface area contributed by atoms with Crippen LogP contribution in [-0.4, -0.2) is 43.8 Å². The number of hydrogen-bond acceptors (Lipinski definition) is 2. The van der Waals surface area contributed by atoms with Crippen molar-refractivity contribution in [2.75, 3.05) is 4.90 Å². The van der Waals surface area contributed by atoms with E-state index in [1.807, 2.05) is 24.3 Å². The molecule has 0 spiro atoms. The molecule has 0 fully saturated rings. The monoisotopic (exact) mass is 1100 g/mol. The van der Waals surface area contributed by atoms with Crippen molar-refractivity contribution in [1.82, 2.24) is 4.57 Å². The number of hydrogen-bond donors (Lipinski definition) is 0. The second-order valence-corrected chi connectivity index (χ2v) is 23.6. The minimum atomic E-state index is -0.652. The van der Waals surface area contributed by atoms with Crippen LogP contribution in [0.2, 0.25) is 0 Å². The van der Waals surface area contributed by atoms with Gasteiger partial charge in [0.15, 0.2) is 0 Å². The Morgan fingerprint density at radius 2 is 1.16 bits per heavy atom. The van der Waals surface area contributed by atoms with Crippen LogP contribution in [-0.2, 0) is 5.41 Å². The summed E-state index contributed by atoms with van der Waals surface area (Å²) in [4.78, 5) is 2.47. The molecule has 10 radical (unpaired) electrons. The maximum Gasteiger partial charge on any atom is 0.142 e. The molecular formula is C79H49B5N2O. The van der Waals surface area contributed by atoms with E-state index in [9.17, 15) is 0 Å². The molecule has 13 aromatic rings. The molecule has 396 valence electrons. The number of rotatable bonds is 9. The topological polar surface area (TPSA) is 21.3 Å². The number of benzene rings is 11. The van der Waals surface area contributed by atoms with Gasteiger partial charge in [-0.1, -0.05) is 194 Å². The molecule has 0 N–H and O–H groups in total. The third-order valence-electron chi connectivity index (χ3n) is 18.4. The fourth-order valence-corrected chi connectivity index (χ4v) is 14.2. The van der Waals surface area contributed by atoms with Crippen molar-refractivity contribution in [3.63, 3.8) is 0 Å². The molecule has 16 rings (SSSR count). The van der Waals surface area contributed by atoms with E-state index in [4.69, 9.17) is 43.6 Å². The Kier molecular flexibility index (Phi) is 12.2. The van der Waals surface area contributed by atoms with Gasteiger partial charge in [0, 0.05) is 60.7 Å². The first kappa shape index (κ1) is 52.5.